The van der Waals surface area contributed by atoms with E-state index in [0.29, 0.717) is 6.54 Å². The van der Waals surface area contributed by atoms with Gasteiger partial charge in [0.05, 0.1) is 12.7 Å². The van der Waals surface area contributed by atoms with Gasteiger partial charge in [-0.15, -0.1) is 5.10 Å². The standard InChI is InChI=1S/C17H17N3O2/c21-15(13-22-16-9-5-2-6-10-16)11-20-12-17(18-19-20)14-7-3-1-4-8-14/h1-10,12,15,21H,11,13H2. The van der Waals surface area contributed by atoms with Gasteiger partial charge in [0.2, 0.25) is 0 Å². The molecule has 0 aliphatic heterocycles. The second-order valence-corrected chi connectivity index (χ2v) is 4.97. The average Bonchev–Trinajstić information content (AvgIpc) is 3.03. The number of hydrogen-bond acceptors (Lipinski definition) is 4. The zero-order valence-electron chi connectivity index (χ0n) is 12.0. The maximum atomic E-state index is 10.0. The van der Waals surface area contributed by atoms with E-state index in [0.717, 1.165) is 17.0 Å². The highest BCUT2D eigenvalue weighted by molar-refractivity contribution is 5.57. The van der Waals surface area contributed by atoms with Crippen LogP contribution in [0.2, 0.25) is 0 Å². The van der Waals surface area contributed by atoms with Crippen molar-refractivity contribution in [3.05, 3.63) is 66.9 Å². The molecule has 0 aliphatic carbocycles. The monoisotopic (exact) mass is 295 g/mol. The van der Waals surface area contributed by atoms with E-state index in [-0.39, 0.29) is 6.61 Å². The predicted molar refractivity (Wildman–Crippen MR) is 83.4 cm³/mol. The van der Waals surface area contributed by atoms with Gasteiger partial charge in [0.25, 0.3) is 0 Å². The third-order valence-corrected chi connectivity index (χ3v) is 3.19. The average molecular weight is 295 g/mol. The topological polar surface area (TPSA) is 60.2 Å². The van der Waals surface area contributed by atoms with Crippen molar-refractivity contribution in [1.82, 2.24) is 15.0 Å². The van der Waals surface area contributed by atoms with Crippen LogP contribution in [-0.4, -0.2) is 32.8 Å². The van der Waals surface area contributed by atoms with Gasteiger partial charge in [-0.25, -0.2) is 4.68 Å². The highest BCUT2D eigenvalue weighted by Crippen LogP contribution is 2.15. The summed E-state index contributed by atoms with van der Waals surface area (Å²) < 4.78 is 7.15. The number of hydrogen-bond donors (Lipinski definition) is 1. The Labute approximate surface area is 128 Å². The van der Waals surface area contributed by atoms with Crippen molar-refractivity contribution in [3.63, 3.8) is 0 Å². The molecule has 0 amide bonds. The fourth-order valence-corrected chi connectivity index (χ4v) is 2.11. The lowest BCUT2D eigenvalue weighted by Gasteiger charge is -2.11. The maximum Gasteiger partial charge on any atom is 0.119 e. The van der Waals surface area contributed by atoms with Crippen molar-refractivity contribution in [2.75, 3.05) is 6.61 Å². The molecule has 0 radical (unpaired) electrons. The van der Waals surface area contributed by atoms with Crippen LogP contribution in [0.3, 0.4) is 0 Å². The van der Waals surface area contributed by atoms with Crippen molar-refractivity contribution < 1.29 is 9.84 Å². The van der Waals surface area contributed by atoms with E-state index in [9.17, 15) is 5.11 Å². The summed E-state index contributed by atoms with van der Waals surface area (Å²) in [6, 6.07) is 19.2. The molecule has 1 unspecified atom stereocenters. The number of para-hydroxylation sites is 1. The van der Waals surface area contributed by atoms with Gasteiger partial charge in [0, 0.05) is 5.56 Å². The Balaban J connectivity index is 1.56. The van der Waals surface area contributed by atoms with Gasteiger partial charge in [0.15, 0.2) is 0 Å². The number of rotatable bonds is 6. The lowest BCUT2D eigenvalue weighted by molar-refractivity contribution is 0.0888. The molecule has 112 valence electrons. The van der Waals surface area contributed by atoms with Crippen LogP contribution in [0.4, 0.5) is 0 Å². The minimum atomic E-state index is -0.648. The van der Waals surface area contributed by atoms with Crippen LogP contribution in [0.25, 0.3) is 11.3 Å². The molecule has 0 saturated heterocycles. The molecule has 22 heavy (non-hydrogen) atoms. The van der Waals surface area contributed by atoms with E-state index >= 15 is 0 Å². The van der Waals surface area contributed by atoms with Crippen LogP contribution in [0.15, 0.2) is 66.9 Å². The largest absolute Gasteiger partial charge is 0.491 e. The minimum absolute atomic E-state index is 0.213. The van der Waals surface area contributed by atoms with E-state index in [4.69, 9.17) is 4.74 Å². The van der Waals surface area contributed by atoms with Gasteiger partial charge in [-0.3, -0.25) is 0 Å². The van der Waals surface area contributed by atoms with Gasteiger partial charge in [0.1, 0.15) is 24.2 Å². The van der Waals surface area contributed by atoms with Crippen molar-refractivity contribution in [1.29, 1.82) is 0 Å². The molecule has 5 heteroatoms. The Kier molecular flexibility index (Phi) is 4.46. The predicted octanol–water partition coefficient (Wildman–Crippen LogP) is 2.38. The molecule has 1 atom stereocenters. The number of ether oxygens (including phenoxy) is 1. The first-order valence-electron chi connectivity index (χ1n) is 7.13. The van der Waals surface area contributed by atoms with Gasteiger partial charge in [-0.2, -0.15) is 0 Å². The Hall–Kier alpha value is -2.66. The highest BCUT2D eigenvalue weighted by atomic mass is 16.5. The second-order valence-electron chi connectivity index (χ2n) is 4.97. The summed E-state index contributed by atoms with van der Waals surface area (Å²) in [5, 5.41) is 18.2. The van der Waals surface area contributed by atoms with Crippen molar-refractivity contribution in [2.24, 2.45) is 0 Å². The van der Waals surface area contributed by atoms with Crippen molar-refractivity contribution in [3.8, 4) is 17.0 Å². The smallest absolute Gasteiger partial charge is 0.119 e. The molecule has 0 fully saturated rings. The summed E-state index contributed by atoms with van der Waals surface area (Å²) in [4.78, 5) is 0. The third-order valence-electron chi connectivity index (χ3n) is 3.19. The molecule has 1 N–H and O–H groups in total. The molecule has 3 rings (SSSR count). The Morgan fingerprint density at radius 1 is 1.00 bits per heavy atom. The Bertz CT molecular complexity index is 698. The molecule has 0 spiro atoms. The third kappa shape index (κ3) is 3.71. The number of benzene rings is 2. The quantitative estimate of drug-likeness (QED) is 0.758. The van der Waals surface area contributed by atoms with Crippen molar-refractivity contribution >= 4 is 0 Å². The zero-order valence-corrected chi connectivity index (χ0v) is 12.0. The van der Waals surface area contributed by atoms with Gasteiger partial charge in [-0.05, 0) is 12.1 Å². The SMILES string of the molecule is OC(COc1ccccc1)Cn1cc(-c2ccccc2)nn1. The summed E-state index contributed by atoms with van der Waals surface area (Å²) in [7, 11) is 0. The van der Waals surface area contributed by atoms with Crippen LogP contribution in [0, 0.1) is 0 Å². The van der Waals surface area contributed by atoms with Crippen molar-refractivity contribution in [2.45, 2.75) is 12.6 Å². The number of nitrogens with zero attached hydrogens (tertiary/aromatic N) is 3. The summed E-state index contributed by atoms with van der Waals surface area (Å²) in [5.74, 6) is 0.741. The lowest BCUT2D eigenvalue weighted by Crippen LogP contribution is -2.23. The first-order valence-corrected chi connectivity index (χ1v) is 7.13. The maximum absolute atomic E-state index is 10.0. The molecule has 0 aliphatic rings. The van der Waals surface area contributed by atoms with E-state index < -0.39 is 6.10 Å². The number of aliphatic hydroxyl groups is 1. The molecule has 2 aromatic carbocycles. The van der Waals surface area contributed by atoms with Crippen LogP contribution in [0.1, 0.15) is 0 Å². The second kappa shape index (κ2) is 6.87. The van der Waals surface area contributed by atoms with E-state index in [1.165, 1.54) is 0 Å². The fourth-order valence-electron chi connectivity index (χ4n) is 2.11. The van der Waals surface area contributed by atoms with E-state index in [2.05, 4.69) is 10.3 Å². The Morgan fingerprint density at radius 2 is 1.68 bits per heavy atom. The Morgan fingerprint density at radius 3 is 2.41 bits per heavy atom. The van der Waals surface area contributed by atoms with Gasteiger partial charge >= 0.3 is 0 Å². The van der Waals surface area contributed by atoms with E-state index in [1.807, 2.05) is 66.9 Å². The fraction of sp³-hybridized carbons (Fsp3) is 0.176. The molecule has 1 aromatic heterocycles. The molecule has 0 saturated carbocycles. The summed E-state index contributed by atoms with van der Waals surface area (Å²) in [6.45, 7) is 0.553. The molecule has 0 bridgehead atoms. The van der Waals surface area contributed by atoms with E-state index in [1.54, 1.807) is 4.68 Å². The minimum Gasteiger partial charge on any atom is -0.491 e. The summed E-state index contributed by atoms with van der Waals surface area (Å²) in [5.41, 5.74) is 1.79. The van der Waals surface area contributed by atoms with Crippen LogP contribution >= 0.6 is 0 Å². The zero-order chi connectivity index (χ0) is 15.2. The van der Waals surface area contributed by atoms with Crippen LogP contribution in [0.5, 0.6) is 5.75 Å². The first-order chi connectivity index (χ1) is 10.8. The molecule has 5 nitrogen and oxygen atoms in total. The van der Waals surface area contributed by atoms with Crippen LogP contribution < -0.4 is 4.74 Å². The normalized spacial score (nSPS) is 12.0. The number of aliphatic hydroxyl groups excluding tert-OH is 1. The summed E-state index contributed by atoms with van der Waals surface area (Å²) in [6.07, 6.45) is 1.17. The molecule has 3 aromatic rings. The highest BCUT2D eigenvalue weighted by Gasteiger charge is 2.09. The van der Waals surface area contributed by atoms with Gasteiger partial charge < -0.3 is 9.84 Å². The molecule has 1 heterocycles. The van der Waals surface area contributed by atoms with Gasteiger partial charge in [-0.1, -0.05) is 53.7 Å². The lowest BCUT2D eigenvalue weighted by atomic mass is 10.2. The molecular formula is C17H17N3O2. The van der Waals surface area contributed by atoms with Crippen LogP contribution in [-0.2, 0) is 6.54 Å². The summed E-state index contributed by atoms with van der Waals surface area (Å²) >= 11 is 0. The number of aromatic nitrogens is 3. The molecular weight excluding hydrogens is 278 g/mol. The first kappa shape index (κ1) is 14.3.